The molecule has 0 rings (SSSR count). The Kier molecular flexibility index (Phi) is 38.0. The Morgan fingerprint density at radius 2 is 0.925 bits per heavy atom. The topological polar surface area (TPSA) is 94.1 Å². The Hall–Kier alpha value is -0.500. The first-order valence-electron chi connectivity index (χ1n) is 22.9. The average Bonchev–Trinajstić information content (AvgIpc) is 3.10. The molecule has 0 radical (unpaired) electrons. The number of nitrogens with one attached hydrogen (secondary N) is 1. The Morgan fingerprint density at radius 1 is 0.566 bits per heavy atom. The molecule has 0 aromatic heterocycles. The Labute approximate surface area is 330 Å². The first-order chi connectivity index (χ1) is 25.6. The number of carbonyl (C=O) groups is 1. The van der Waals surface area contributed by atoms with Gasteiger partial charge in [0.15, 0.2) is 0 Å². The van der Waals surface area contributed by atoms with E-state index in [-0.39, 0.29) is 25.7 Å². The van der Waals surface area contributed by atoms with Gasteiger partial charge in [-0.2, -0.15) is 0 Å². The fourth-order valence-corrected chi connectivity index (χ4v) is 7.60. The molecule has 0 aliphatic rings. The van der Waals surface area contributed by atoms with Gasteiger partial charge in [-0.05, 0) is 12.8 Å². The number of phosphoric acid groups is 1. The standard InChI is InChI=1S/C44H91N2O6P/c1-6-8-10-12-14-16-18-20-22-24-26-28-30-32-34-36-39-50-42-43(52-53(48,49)51-40-38-46(3,4)5)41-45-44(47)37-35-33-31-29-27-25-23-21-19-17-15-13-11-9-7-2/h43H,6-42H2,1-5H3,(H-,45,47,48,49)/p+1. The van der Waals surface area contributed by atoms with Gasteiger partial charge in [0.25, 0.3) is 0 Å². The molecule has 0 saturated heterocycles. The lowest BCUT2D eigenvalue weighted by Gasteiger charge is -2.25. The highest BCUT2D eigenvalue weighted by Gasteiger charge is 2.28. The predicted octanol–water partition coefficient (Wildman–Crippen LogP) is 12.9. The quantitative estimate of drug-likeness (QED) is 0.0364. The number of hydrogen-bond donors (Lipinski definition) is 2. The van der Waals surface area contributed by atoms with Gasteiger partial charge < -0.3 is 19.4 Å². The van der Waals surface area contributed by atoms with Crippen molar-refractivity contribution in [2.24, 2.45) is 0 Å². The van der Waals surface area contributed by atoms with E-state index in [9.17, 15) is 14.3 Å². The van der Waals surface area contributed by atoms with E-state index in [1.54, 1.807) is 0 Å². The molecule has 0 fully saturated rings. The predicted molar refractivity (Wildman–Crippen MR) is 226 cm³/mol. The van der Waals surface area contributed by atoms with E-state index in [1.165, 1.54) is 173 Å². The summed E-state index contributed by atoms with van der Waals surface area (Å²) in [7, 11) is 1.71. The van der Waals surface area contributed by atoms with Crippen LogP contribution >= 0.6 is 7.82 Å². The first kappa shape index (κ1) is 52.5. The van der Waals surface area contributed by atoms with E-state index in [2.05, 4.69) is 19.2 Å². The van der Waals surface area contributed by atoms with E-state index >= 15 is 0 Å². The molecule has 1 amide bonds. The summed E-state index contributed by atoms with van der Waals surface area (Å²) in [6, 6.07) is 0. The molecule has 0 aromatic rings. The van der Waals surface area contributed by atoms with Crippen molar-refractivity contribution >= 4 is 13.7 Å². The summed E-state index contributed by atoms with van der Waals surface area (Å²) in [5.74, 6) is -0.0511. The monoisotopic (exact) mass is 776 g/mol. The minimum Gasteiger partial charge on any atom is -0.379 e. The molecule has 0 aromatic carbocycles. The molecule has 0 aliphatic carbocycles. The van der Waals surface area contributed by atoms with Crippen molar-refractivity contribution < 1.29 is 32.5 Å². The van der Waals surface area contributed by atoms with Gasteiger partial charge in [0, 0.05) is 19.6 Å². The second-order valence-corrected chi connectivity index (χ2v) is 18.3. The van der Waals surface area contributed by atoms with Gasteiger partial charge >= 0.3 is 7.82 Å². The summed E-state index contributed by atoms with van der Waals surface area (Å²) >= 11 is 0. The molecule has 2 N–H and O–H groups in total. The second kappa shape index (κ2) is 38.4. The summed E-state index contributed by atoms with van der Waals surface area (Å²) in [6.45, 7) is 6.07. The number of unbranched alkanes of at least 4 members (excludes halogenated alkanes) is 29. The molecule has 9 heteroatoms. The zero-order valence-electron chi connectivity index (χ0n) is 36.1. The van der Waals surface area contributed by atoms with Gasteiger partial charge in [-0.15, -0.1) is 0 Å². The van der Waals surface area contributed by atoms with Crippen LogP contribution in [-0.2, 0) is 23.1 Å². The molecule has 0 bridgehead atoms. The number of rotatable bonds is 43. The maximum Gasteiger partial charge on any atom is 0.472 e. The smallest absolute Gasteiger partial charge is 0.379 e. The highest BCUT2D eigenvalue weighted by molar-refractivity contribution is 7.47. The van der Waals surface area contributed by atoms with Gasteiger partial charge in [0.2, 0.25) is 5.91 Å². The van der Waals surface area contributed by atoms with Crippen LogP contribution in [0.25, 0.3) is 0 Å². The minimum atomic E-state index is -4.28. The highest BCUT2D eigenvalue weighted by Crippen LogP contribution is 2.44. The third-order valence-electron chi connectivity index (χ3n) is 10.3. The van der Waals surface area contributed by atoms with Crippen molar-refractivity contribution in [3.8, 4) is 0 Å². The normalized spacial score (nSPS) is 13.7. The van der Waals surface area contributed by atoms with E-state index in [4.69, 9.17) is 13.8 Å². The molecular formula is C44H92N2O6P+. The maximum absolute atomic E-state index is 12.7. The van der Waals surface area contributed by atoms with Crippen molar-refractivity contribution in [1.82, 2.24) is 5.32 Å². The lowest BCUT2D eigenvalue weighted by atomic mass is 10.0. The second-order valence-electron chi connectivity index (χ2n) is 16.9. The van der Waals surface area contributed by atoms with Crippen LogP contribution in [0.3, 0.4) is 0 Å². The molecule has 53 heavy (non-hydrogen) atoms. The third kappa shape index (κ3) is 42.5. The first-order valence-corrected chi connectivity index (χ1v) is 24.4. The van der Waals surface area contributed by atoms with Crippen molar-refractivity contribution in [3.05, 3.63) is 0 Å². The van der Waals surface area contributed by atoms with E-state index in [0.717, 1.165) is 25.7 Å². The molecule has 0 aliphatic heterocycles. The Morgan fingerprint density at radius 3 is 1.30 bits per heavy atom. The van der Waals surface area contributed by atoms with Gasteiger partial charge in [-0.25, -0.2) is 4.57 Å². The van der Waals surface area contributed by atoms with Crippen molar-refractivity contribution in [1.29, 1.82) is 0 Å². The minimum absolute atomic E-state index is 0.0511. The molecule has 0 spiro atoms. The van der Waals surface area contributed by atoms with Gasteiger partial charge in [-0.3, -0.25) is 13.8 Å². The van der Waals surface area contributed by atoms with Crippen LogP contribution in [0.1, 0.15) is 219 Å². The molecule has 318 valence electrons. The number of amides is 1. The van der Waals surface area contributed by atoms with Gasteiger partial charge in [0.1, 0.15) is 19.3 Å². The summed E-state index contributed by atoms with van der Waals surface area (Å²) in [5, 5.41) is 2.91. The van der Waals surface area contributed by atoms with E-state index in [1.807, 2.05) is 21.1 Å². The fraction of sp³-hybridized carbons (Fsp3) is 0.977. The van der Waals surface area contributed by atoms with Crippen LogP contribution in [0.15, 0.2) is 0 Å². The molecule has 2 unspecified atom stereocenters. The van der Waals surface area contributed by atoms with E-state index < -0.39 is 13.9 Å². The summed E-state index contributed by atoms with van der Waals surface area (Å²) in [4.78, 5) is 23.0. The van der Waals surface area contributed by atoms with Crippen LogP contribution in [0, 0.1) is 0 Å². The Bertz CT molecular complexity index is 824. The van der Waals surface area contributed by atoms with Crippen LogP contribution in [-0.4, -0.2) is 75.4 Å². The van der Waals surface area contributed by atoms with E-state index in [0.29, 0.717) is 24.1 Å². The third-order valence-corrected chi connectivity index (χ3v) is 11.4. The van der Waals surface area contributed by atoms with Crippen molar-refractivity contribution in [3.63, 3.8) is 0 Å². The summed E-state index contributed by atoms with van der Waals surface area (Å²) < 4.78 is 30.0. The molecular weight excluding hydrogens is 683 g/mol. The number of carbonyl (C=O) groups excluding carboxylic acids is 1. The summed E-state index contributed by atoms with van der Waals surface area (Å²) in [5.41, 5.74) is 0. The lowest BCUT2D eigenvalue weighted by Crippen LogP contribution is -2.38. The number of hydrogen-bond acceptors (Lipinski definition) is 5. The molecule has 2 atom stereocenters. The van der Waals surface area contributed by atoms with Crippen molar-refractivity contribution in [2.45, 2.75) is 225 Å². The zero-order valence-corrected chi connectivity index (χ0v) is 37.0. The van der Waals surface area contributed by atoms with Crippen LogP contribution in [0.4, 0.5) is 0 Å². The highest BCUT2D eigenvalue weighted by atomic mass is 31.2. The molecule has 0 saturated carbocycles. The van der Waals surface area contributed by atoms with Crippen LogP contribution < -0.4 is 5.32 Å². The van der Waals surface area contributed by atoms with Crippen molar-refractivity contribution in [2.75, 3.05) is 54.1 Å². The average molecular weight is 776 g/mol. The summed E-state index contributed by atoms with van der Waals surface area (Å²) in [6.07, 6.45) is 40.2. The number of likely N-dealkylation sites (N-methyl/N-ethyl adjacent to an activating group) is 1. The number of ether oxygens (including phenoxy) is 1. The largest absolute Gasteiger partial charge is 0.472 e. The zero-order chi connectivity index (χ0) is 39.1. The van der Waals surface area contributed by atoms with Crippen LogP contribution in [0.2, 0.25) is 0 Å². The Balaban J connectivity index is 4.13. The van der Waals surface area contributed by atoms with Gasteiger partial charge in [0.05, 0.1) is 27.7 Å². The molecule has 0 heterocycles. The molecule has 8 nitrogen and oxygen atoms in total. The number of phosphoric ester groups is 1. The SMILES string of the molecule is CCCCCCCCCCCCCCCCCCOCC(CNC(=O)CCCCCCCCCCCCCCCCC)OP(=O)(O)OCC[N+](C)(C)C. The lowest BCUT2D eigenvalue weighted by molar-refractivity contribution is -0.870. The maximum atomic E-state index is 12.7. The van der Waals surface area contributed by atoms with Gasteiger partial charge in [-0.1, -0.05) is 200 Å². The fourth-order valence-electron chi connectivity index (χ4n) is 6.72. The number of quaternary nitrogens is 1. The number of nitrogens with zero attached hydrogens (tertiary/aromatic N) is 1. The van der Waals surface area contributed by atoms with Crippen LogP contribution in [0.5, 0.6) is 0 Å².